The molecule has 0 amide bonds. The van der Waals surface area contributed by atoms with Crippen LogP contribution in [0.25, 0.3) is 0 Å². The Morgan fingerprint density at radius 3 is 2.47 bits per heavy atom. The van der Waals surface area contributed by atoms with Crippen molar-refractivity contribution in [2.75, 3.05) is 0 Å². The van der Waals surface area contributed by atoms with E-state index in [1.165, 1.54) is 12.1 Å². The second kappa shape index (κ2) is 5.30. The Morgan fingerprint density at radius 1 is 1.16 bits per heavy atom. The average Bonchev–Trinajstić information content (AvgIpc) is 2.41. The van der Waals surface area contributed by atoms with E-state index in [0.29, 0.717) is 11.1 Å². The van der Waals surface area contributed by atoms with Crippen LogP contribution in [0.2, 0.25) is 0 Å². The van der Waals surface area contributed by atoms with Gasteiger partial charge in [-0.2, -0.15) is 0 Å². The van der Waals surface area contributed by atoms with Gasteiger partial charge in [0.15, 0.2) is 0 Å². The van der Waals surface area contributed by atoms with Gasteiger partial charge in [-0.25, -0.2) is 4.79 Å². The molecule has 0 unspecified atom stereocenters. The number of rotatable bonds is 3. The van der Waals surface area contributed by atoms with Crippen molar-refractivity contribution in [3.8, 4) is 5.75 Å². The number of hydrogen-bond donors (Lipinski definition) is 0. The summed E-state index contributed by atoms with van der Waals surface area (Å²) in [6.07, 6.45) is 0. The van der Waals surface area contributed by atoms with Gasteiger partial charge >= 0.3 is 5.97 Å². The standard InChI is InChI=1S/C14H11NO4/c1-10-7-8-12(9-13(10)15(17)18)19-14(16)11-5-3-2-4-6-11/h2-9H,1H3. The van der Waals surface area contributed by atoms with Crippen LogP contribution in [0.1, 0.15) is 15.9 Å². The van der Waals surface area contributed by atoms with Crippen LogP contribution in [-0.4, -0.2) is 10.9 Å². The second-order valence-corrected chi connectivity index (χ2v) is 3.96. The van der Waals surface area contributed by atoms with Crippen molar-refractivity contribution in [1.29, 1.82) is 0 Å². The van der Waals surface area contributed by atoms with Gasteiger partial charge < -0.3 is 4.74 Å². The summed E-state index contributed by atoms with van der Waals surface area (Å²) in [6.45, 7) is 1.63. The lowest BCUT2D eigenvalue weighted by molar-refractivity contribution is -0.385. The molecule has 0 aliphatic carbocycles. The first-order valence-electron chi connectivity index (χ1n) is 5.60. The number of benzene rings is 2. The van der Waals surface area contributed by atoms with E-state index in [0.717, 1.165) is 0 Å². The Morgan fingerprint density at radius 2 is 1.84 bits per heavy atom. The van der Waals surface area contributed by atoms with Crippen molar-refractivity contribution in [3.05, 3.63) is 69.8 Å². The molecule has 2 aromatic carbocycles. The molecule has 5 heteroatoms. The Balaban J connectivity index is 2.23. The zero-order valence-electron chi connectivity index (χ0n) is 10.2. The van der Waals surface area contributed by atoms with Crippen LogP contribution >= 0.6 is 0 Å². The maximum atomic E-state index is 11.8. The third-order valence-corrected chi connectivity index (χ3v) is 2.60. The topological polar surface area (TPSA) is 69.4 Å². The van der Waals surface area contributed by atoms with Crippen LogP contribution in [-0.2, 0) is 0 Å². The zero-order chi connectivity index (χ0) is 13.8. The molecule has 0 saturated carbocycles. The zero-order valence-corrected chi connectivity index (χ0v) is 10.2. The van der Waals surface area contributed by atoms with E-state index in [4.69, 9.17) is 4.74 Å². The van der Waals surface area contributed by atoms with Gasteiger partial charge in [0, 0.05) is 5.56 Å². The van der Waals surface area contributed by atoms with Gasteiger partial charge in [-0.15, -0.1) is 0 Å². The van der Waals surface area contributed by atoms with E-state index >= 15 is 0 Å². The third kappa shape index (κ3) is 2.95. The number of aryl methyl sites for hydroxylation is 1. The highest BCUT2D eigenvalue weighted by Gasteiger charge is 2.14. The van der Waals surface area contributed by atoms with E-state index in [-0.39, 0.29) is 11.4 Å². The number of ether oxygens (including phenoxy) is 1. The van der Waals surface area contributed by atoms with E-state index in [1.807, 2.05) is 0 Å². The molecule has 0 bridgehead atoms. The van der Waals surface area contributed by atoms with Crippen molar-refractivity contribution in [1.82, 2.24) is 0 Å². The lowest BCUT2D eigenvalue weighted by Crippen LogP contribution is -2.08. The Labute approximate surface area is 109 Å². The fourth-order valence-electron chi connectivity index (χ4n) is 1.59. The Hall–Kier alpha value is -2.69. The van der Waals surface area contributed by atoms with Crippen molar-refractivity contribution in [2.45, 2.75) is 6.92 Å². The molecule has 0 saturated heterocycles. The normalized spacial score (nSPS) is 9.95. The molecule has 0 N–H and O–H groups in total. The molecule has 2 rings (SSSR count). The van der Waals surface area contributed by atoms with Crippen molar-refractivity contribution in [2.24, 2.45) is 0 Å². The van der Waals surface area contributed by atoms with Crippen molar-refractivity contribution in [3.63, 3.8) is 0 Å². The summed E-state index contributed by atoms with van der Waals surface area (Å²) in [5, 5.41) is 10.8. The van der Waals surface area contributed by atoms with E-state index < -0.39 is 10.9 Å². The van der Waals surface area contributed by atoms with Gasteiger partial charge in [0.2, 0.25) is 0 Å². The van der Waals surface area contributed by atoms with Crippen LogP contribution < -0.4 is 4.74 Å². The van der Waals surface area contributed by atoms with Crippen LogP contribution in [0.5, 0.6) is 5.75 Å². The predicted octanol–water partition coefficient (Wildman–Crippen LogP) is 3.12. The number of hydrogen-bond acceptors (Lipinski definition) is 4. The first-order chi connectivity index (χ1) is 9.08. The van der Waals surface area contributed by atoms with Crippen molar-refractivity contribution >= 4 is 11.7 Å². The first kappa shape index (κ1) is 12.8. The van der Waals surface area contributed by atoms with Gasteiger partial charge in [-0.1, -0.05) is 18.2 Å². The SMILES string of the molecule is Cc1ccc(OC(=O)c2ccccc2)cc1[N+](=O)[O-]. The lowest BCUT2D eigenvalue weighted by Gasteiger charge is -2.05. The van der Waals surface area contributed by atoms with Gasteiger partial charge in [-0.05, 0) is 31.2 Å². The minimum Gasteiger partial charge on any atom is -0.423 e. The minimum atomic E-state index is -0.543. The fourth-order valence-corrected chi connectivity index (χ4v) is 1.59. The number of carbonyl (C=O) groups is 1. The Bertz CT molecular complexity index is 623. The third-order valence-electron chi connectivity index (χ3n) is 2.60. The quantitative estimate of drug-likeness (QED) is 0.366. The van der Waals surface area contributed by atoms with Gasteiger partial charge in [0.1, 0.15) is 5.75 Å². The molecule has 0 spiro atoms. The monoisotopic (exact) mass is 257 g/mol. The molecule has 0 aromatic heterocycles. The average molecular weight is 257 g/mol. The minimum absolute atomic E-state index is 0.0710. The lowest BCUT2D eigenvalue weighted by atomic mass is 10.2. The summed E-state index contributed by atoms with van der Waals surface area (Å²) in [6, 6.07) is 12.8. The molecule has 0 radical (unpaired) electrons. The van der Waals surface area contributed by atoms with Crippen LogP contribution in [0.15, 0.2) is 48.5 Å². The maximum Gasteiger partial charge on any atom is 0.343 e. The van der Waals surface area contributed by atoms with Crippen LogP contribution in [0.4, 0.5) is 5.69 Å². The fraction of sp³-hybridized carbons (Fsp3) is 0.0714. The second-order valence-electron chi connectivity index (χ2n) is 3.96. The van der Waals surface area contributed by atoms with Gasteiger partial charge in [0.05, 0.1) is 16.6 Å². The molecule has 0 aliphatic rings. The molecular weight excluding hydrogens is 246 g/mol. The Kier molecular flexibility index (Phi) is 3.56. The summed E-state index contributed by atoms with van der Waals surface area (Å²) in [7, 11) is 0. The number of nitrogens with zero attached hydrogens (tertiary/aromatic N) is 1. The molecule has 0 atom stereocenters. The molecule has 0 fully saturated rings. The first-order valence-corrected chi connectivity index (χ1v) is 5.60. The molecule has 5 nitrogen and oxygen atoms in total. The molecule has 0 aliphatic heterocycles. The van der Waals surface area contributed by atoms with Crippen molar-refractivity contribution < 1.29 is 14.5 Å². The van der Waals surface area contributed by atoms with Gasteiger partial charge in [0.25, 0.3) is 5.69 Å². The molecule has 2 aromatic rings. The van der Waals surface area contributed by atoms with E-state index in [9.17, 15) is 14.9 Å². The number of nitro benzene ring substituents is 1. The molecule has 0 heterocycles. The number of esters is 1. The molecule has 19 heavy (non-hydrogen) atoms. The summed E-state index contributed by atoms with van der Waals surface area (Å²) >= 11 is 0. The summed E-state index contributed by atoms with van der Waals surface area (Å²) in [5.41, 5.74) is 0.841. The summed E-state index contributed by atoms with van der Waals surface area (Å²) < 4.78 is 5.10. The molecule has 96 valence electrons. The van der Waals surface area contributed by atoms with Crippen LogP contribution in [0, 0.1) is 17.0 Å². The largest absolute Gasteiger partial charge is 0.423 e. The van der Waals surface area contributed by atoms with E-state index in [2.05, 4.69) is 0 Å². The van der Waals surface area contributed by atoms with E-state index in [1.54, 1.807) is 43.3 Å². The predicted molar refractivity (Wildman–Crippen MR) is 69.2 cm³/mol. The highest BCUT2D eigenvalue weighted by molar-refractivity contribution is 5.91. The summed E-state index contributed by atoms with van der Waals surface area (Å²) in [5.74, 6) is -0.384. The highest BCUT2D eigenvalue weighted by Crippen LogP contribution is 2.24. The number of carbonyl (C=O) groups excluding carboxylic acids is 1. The highest BCUT2D eigenvalue weighted by atomic mass is 16.6. The van der Waals surface area contributed by atoms with Gasteiger partial charge in [-0.3, -0.25) is 10.1 Å². The number of nitro groups is 1. The van der Waals surface area contributed by atoms with Crippen LogP contribution in [0.3, 0.4) is 0 Å². The maximum absolute atomic E-state index is 11.8. The summed E-state index contributed by atoms with van der Waals surface area (Å²) in [4.78, 5) is 22.1. The molecular formula is C14H11NO4. The smallest absolute Gasteiger partial charge is 0.343 e.